The SMILES string of the molecule is C=CCOc1ccc(/C=C2/C(=O)N(CC3CCCO3)C(=O)C(C#N)=C2C)cc1OCC. The van der Waals surface area contributed by atoms with Gasteiger partial charge in [0.1, 0.15) is 18.2 Å². The van der Waals surface area contributed by atoms with Crippen molar-refractivity contribution in [2.24, 2.45) is 0 Å². The van der Waals surface area contributed by atoms with E-state index in [2.05, 4.69) is 6.58 Å². The first-order valence-electron chi connectivity index (χ1n) is 10.3. The van der Waals surface area contributed by atoms with Gasteiger partial charge in [-0.05, 0) is 56.0 Å². The van der Waals surface area contributed by atoms with E-state index in [1.54, 1.807) is 37.3 Å². The number of amides is 2. The molecular formula is C24H26N2O5. The lowest BCUT2D eigenvalue weighted by molar-refractivity contribution is -0.142. The molecule has 0 bridgehead atoms. The van der Waals surface area contributed by atoms with Gasteiger partial charge in [0.2, 0.25) is 0 Å². The fraction of sp³-hybridized carbons (Fsp3) is 0.375. The second kappa shape index (κ2) is 10.1. The minimum absolute atomic E-state index is 0.0279. The zero-order chi connectivity index (χ0) is 22.4. The lowest BCUT2D eigenvalue weighted by Crippen LogP contribution is -2.46. The normalized spacial score (nSPS) is 20.2. The smallest absolute Gasteiger partial charge is 0.271 e. The standard InChI is InChI=1S/C24H26N2O5/c1-4-10-31-21-9-8-17(13-22(21)29-5-2)12-19-16(3)20(14-25)24(28)26(23(19)27)15-18-7-6-11-30-18/h4,8-9,12-13,18H,1,5-7,10-11,15H2,2-3H3/b19-12+. The van der Waals surface area contributed by atoms with Crippen molar-refractivity contribution in [3.63, 3.8) is 0 Å². The third-order valence-corrected chi connectivity index (χ3v) is 5.17. The van der Waals surface area contributed by atoms with Crippen LogP contribution >= 0.6 is 0 Å². The molecule has 2 aliphatic rings. The van der Waals surface area contributed by atoms with Crippen LogP contribution in [0.15, 0.2) is 47.6 Å². The molecule has 1 unspecified atom stereocenters. The number of imide groups is 1. The van der Waals surface area contributed by atoms with Crippen LogP contribution in [-0.4, -0.2) is 49.2 Å². The van der Waals surface area contributed by atoms with Crippen LogP contribution in [0.1, 0.15) is 32.3 Å². The minimum Gasteiger partial charge on any atom is -0.490 e. The Labute approximate surface area is 182 Å². The predicted molar refractivity (Wildman–Crippen MR) is 115 cm³/mol. The van der Waals surface area contributed by atoms with Crippen LogP contribution < -0.4 is 9.47 Å². The van der Waals surface area contributed by atoms with E-state index >= 15 is 0 Å². The molecule has 31 heavy (non-hydrogen) atoms. The molecule has 0 aliphatic carbocycles. The van der Waals surface area contributed by atoms with Crippen LogP contribution in [0.2, 0.25) is 0 Å². The number of hydrogen-bond acceptors (Lipinski definition) is 6. The Morgan fingerprint density at radius 1 is 1.29 bits per heavy atom. The van der Waals surface area contributed by atoms with Gasteiger partial charge >= 0.3 is 0 Å². The van der Waals surface area contributed by atoms with Crippen molar-refractivity contribution in [1.82, 2.24) is 4.90 Å². The maximum absolute atomic E-state index is 13.2. The van der Waals surface area contributed by atoms with E-state index in [0.717, 1.165) is 17.7 Å². The molecule has 1 aromatic carbocycles. The summed E-state index contributed by atoms with van der Waals surface area (Å²) in [5.74, 6) is 0.109. The molecule has 162 valence electrons. The summed E-state index contributed by atoms with van der Waals surface area (Å²) < 4.78 is 16.9. The Morgan fingerprint density at radius 3 is 2.74 bits per heavy atom. The molecule has 2 heterocycles. The van der Waals surface area contributed by atoms with Crippen LogP contribution in [0.5, 0.6) is 11.5 Å². The maximum atomic E-state index is 13.2. The molecule has 0 radical (unpaired) electrons. The van der Waals surface area contributed by atoms with Gasteiger partial charge < -0.3 is 14.2 Å². The first kappa shape index (κ1) is 22.3. The number of carbonyl (C=O) groups is 2. The van der Waals surface area contributed by atoms with E-state index in [9.17, 15) is 14.9 Å². The predicted octanol–water partition coefficient (Wildman–Crippen LogP) is 3.42. The molecule has 0 spiro atoms. The Morgan fingerprint density at radius 2 is 2.10 bits per heavy atom. The Kier molecular flexibility index (Phi) is 7.27. The maximum Gasteiger partial charge on any atom is 0.271 e. The number of ether oxygens (including phenoxy) is 3. The van der Waals surface area contributed by atoms with E-state index < -0.39 is 11.8 Å². The van der Waals surface area contributed by atoms with Gasteiger partial charge in [0.15, 0.2) is 11.5 Å². The van der Waals surface area contributed by atoms with Crippen LogP contribution in [0.3, 0.4) is 0 Å². The van der Waals surface area contributed by atoms with E-state index in [-0.39, 0.29) is 18.2 Å². The van der Waals surface area contributed by atoms with Crippen LogP contribution in [0, 0.1) is 11.3 Å². The van der Waals surface area contributed by atoms with E-state index in [4.69, 9.17) is 14.2 Å². The highest BCUT2D eigenvalue weighted by Gasteiger charge is 2.37. The number of nitriles is 1. The number of nitrogens with zero attached hydrogens (tertiary/aromatic N) is 2. The molecular weight excluding hydrogens is 396 g/mol. The lowest BCUT2D eigenvalue weighted by atomic mass is 9.93. The first-order chi connectivity index (χ1) is 15.0. The topological polar surface area (TPSA) is 88.9 Å². The van der Waals surface area contributed by atoms with E-state index in [1.807, 2.05) is 13.0 Å². The van der Waals surface area contributed by atoms with Crippen molar-refractivity contribution in [1.29, 1.82) is 5.26 Å². The van der Waals surface area contributed by atoms with Crippen LogP contribution in [0.25, 0.3) is 6.08 Å². The average molecular weight is 422 g/mol. The van der Waals surface area contributed by atoms with E-state index in [0.29, 0.717) is 48.0 Å². The molecule has 0 aromatic heterocycles. The third kappa shape index (κ3) is 4.86. The molecule has 1 saturated heterocycles. The van der Waals surface area contributed by atoms with Gasteiger partial charge in [0.05, 0.1) is 19.3 Å². The molecule has 0 saturated carbocycles. The molecule has 2 aliphatic heterocycles. The van der Waals surface area contributed by atoms with Crippen molar-refractivity contribution in [3.05, 3.63) is 53.1 Å². The van der Waals surface area contributed by atoms with Gasteiger partial charge in [0.25, 0.3) is 11.8 Å². The highest BCUT2D eigenvalue weighted by molar-refractivity contribution is 6.19. The molecule has 2 amide bonds. The van der Waals surface area contributed by atoms with Gasteiger partial charge in [-0.15, -0.1) is 0 Å². The highest BCUT2D eigenvalue weighted by atomic mass is 16.5. The van der Waals surface area contributed by atoms with Crippen LogP contribution in [0.4, 0.5) is 0 Å². The Hall–Kier alpha value is -3.37. The van der Waals surface area contributed by atoms with Crippen LogP contribution in [-0.2, 0) is 14.3 Å². The molecule has 7 nitrogen and oxygen atoms in total. The fourth-order valence-corrected chi connectivity index (χ4v) is 3.60. The van der Waals surface area contributed by atoms with Crippen molar-refractivity contribution in [2.75, 3.05) is 26.4 Å². The summed E-state index contributed by atoms with van der Waals surface area (Å²) in [6.07, 6.45) is 4.79. The van der Waals surface area contributed by atoms with Crippen molar-refractivity contribution >= 4 is 17.9 Å². The van der Waals surface area contributed by atoms with Gasteiger partial charge in [-0.25, -0.2) is 0 Å². The van der Waals surface area contributed by atoms with Gasteiger partial charge in [-0.2, -0.15) is 5.26 Å². The quantitative estimate of drug-likeness (QED) is 0.362. The highest BCUT2D eigenvalue weighted by Crippen LogP contribution is 2.32. The Balaban J connectivity index is 1.98. The lowest BCUT2D eigenvalue weighted by Gasteiger charge is -2.29. The summed E-state index contributed by atoms with van der Waals surface area (Å²) >= 11 is 0. The number of benzene rings is 1. The fourth-order valence-electron chi connectivity index (χ4n) is 3.60. The summed E-state index contributed by atoms with van der Waals surface area (Å²) in [6.45, 7) is 8.68. The second-order valence-corrected chi connectivity index (χ2v) is 7.26. The number of hydrogen-bond donors (Lipinski definition) is 0. The number of carbonyl (C=O) groups excluding carboxylic acids is 2. The molecule has 1 atom stereocenters. The van der Waals surface area contributed by atoms with Crippen molar-refractivity contribution < 1.29 is 23.8 Å². The summed E-state index contributed by atoms with van der Waals surface area (Å²) in [5, 5.41) is 9.54. The summed E-state index contributed by atoms with van der Waals surface area (Å²) in [6, 6.07) is 7.28. The summed E-state index contributed by atoms with van der Waals surface area (Å²) in [4.78, 5) is 27.1. The Bertz CT molecular complexity index is 980. The second-order valence-electron chi connectivity index (χ2n) is 7.26. The number of rotatable bonds is 8. The van der Waals surface area contributed by atoms with Crippen molar-refractivity contribution in [3.8, 4) is 17.6 Å². The van der Waals surface area contributed by atoms with Gasteiger partial charge in [-0.1, -0.05) is 18.7 Å². The zero-order valence-electron chi connectivity index (χ0n) is 17.8. The zero-order valence-corrected chi connectivity index (χ0v) is 17.8. The molecule has 1 aromatic rings. The van der Waals surface area contributed by atoms with Gasteiger partial charge in [-0.3, -0.25) is 14.5 Å². The third-order valence-electron chi connectivity index (χ3n) is 5.17. The molecule has 3 rings (SSSR count). The van der Waals surface area contributed by atoms with Crippen molar-refractivity contribution in [2.45, 2.75) is 32.8 Å². The largest absolute Gasteiger partial charge is 0.490 e. The summed E-state index contributed by atoms with van der Waals surface area (Å²) in [7, 11) is 0. The monoisotopic (exact) mass is 422 g/mol. The van der Waals surface area contributed by atoms with Gasteiger partial charge in [0, 0.05) is 12.2 Å². The molecule has 7 heteroatoms. The average Bonchev–Trinajstić information content (AvgIpc) is 3.27. The minimum atomic E-state index is -0.569. The first-order valence-corrected chi connectivity index (χ1v) is 10.3. The summed E-state index contributed by atoms with van der Waals surface area (Å²) in [5.41, 5.74) is 1.34. The molecule has 1 fully saturated rings. The van der Waals surface area contributed by atoms with E-state index in [1.165, 1.54) is 0 Å². The molecule has 0 N–H and O–H groups in total.